The predicted octanol–water partition coefficient (Wildman–Crippen LogP) is 0.899. The zero-order valence-corrected chi connectivity index (χ0v) is 17.8. The monoisotopic (exact) mass is 414 g/mol. The molecule has 8 heteroatoms. The molecule has 3 saturated heterocycles. The van der Waals surface area contributed by atoms with E-state index in [2.05, 4.69) is 37.6 Å². The summed E-state index contributed by atoms with van der Waals surface area (Å²) in [6.45, 7) is 7.74. The van der Waals surface area contributed by atoms with E-state index >= 15 is 0 Å². The summed E-state index contributed by atoms with van der Waals surface area (Å²) >= 11 is 0. The van der Waals surface area contributed by atoms with Gasteiger partial charge in [-0.25, -0.2) is 4.79 Å². The van der Waals surface area contributed by atoms with Gasteiger partial charge in [0.25, 0.3) is 0 Å². The molecule has 0 radical (unpaired) electrons. The summed E-state index contributed by atoms with van der Waals surface area (Å²) in [5, 5.41) is 5.85. The third kappa shape index (κ3) is 5.49. The fourth-order valence-corrected chi connectivity index (χ4v) is 4.92. The number of pyridine rings is 1. The molecule has 3 aliphatic heterocycles. The van der Waals surface area contributed by atoms with Gasteiger partial charge in [0.2, 0.25) is 5.91 Å². The van der Waals surface area contributed by atoms with Gasteiger partial charge in [-0.1, -0.05) is 0 Å². The Morgan fingerprint density at radius 2 is 1.93 bits per heavy atom. The zero-order valence-electron chi connectivity index (χ0n) is 17.8. The lowest BCUT2D eigenvalue weighted by Gasteiger charge is -2.42. The van der Waals surface area contributed by atoms with Gasteiger partial charge in [-0.15, -0.1) is 0 Å². The molecular weight excluding hydrogens is 380 g/mol. The first-order valence-electron chi connectivity index (χ1n) is 11.3. The number of hydrogen-bond donors (Lipinski definition) is 2. The molecule has 0 bridgehead atoms. The Morgan fingerprint density at radius 1 is 1.13 bits per heavy atom. The molecule has 0 saturated carbocycles. The summed E-state index contributed by atoms with van der Waals surface area (Å²) in [5.74, 6) is 0.218. The average molecular weight is 415 g/mol. The van der Waals surface area contributed by atoms with Crippen LogP contribution in [-0.2, 0) is 11.3 Å². The minimum Gasteiger partial charge on any atom is -0.354 e. The molecule has 4 rings (SSSR count). The van der Waals surface area contributed by atoms with Crippen molar-refractivity contribution >= 4 is 11.9 Å². The summed E-state index contributed by atoms with van der Waals surface area (Å²) in [4.78, 5) is 35.2. The van der Waals surface area contributed by atoms with Crippen molar-refractivity contribution in [3.8, 4) is 0 Å². The maximum atomic E-state index is 12.7. The van der Waals surface area contributed by atoms with Crippen LogP contribution in [0.5, 0.6) is 0 Å². The van der Waals surface area contributed by atoms with E-state index in [9.17, 15) is 9.59 Å². The van der Waals surface area contributed by atoms with E-state index < -0.39 is 0 Å². The first-order chi connectivity index (χ1) is 14.7. The first-order valence-corrected chi connectivity index (χ1v) is 11.3. The van der Waals surface area contributed by atoms with Gasteiger partial charge < -0.3 is 15.5 Å². The number of nitrogens with zero attached hydrogens (tertiary/aromatic N) is 4. The van der Waals surface area contributed by atoms with Crippen LogP contribution in [-0.4, -0.2) is 90.0 Å². The van der Waals surface area contributed by atoms with Gasteiger partial charge >= 0.3 is 6.03 Å². The number of rotatable bonds is 7. The molecule has 0 aromatic carbocycles. The lowest BCUT2D eigenvalue weighted by atomic mass is 9.93. The van der Waals surface area contributed by atoms with Crippen molar-refractivity contribution < 1.29 is 9.59 Å². The van der Waals surface area contributed by atoms with E-state index in [4.69, 9.17) is 0 Å². The van der Waals surface area contributed by atoms with Crippen molar-refractivity contribution in [1.29, 1.82) is 0 Å². The number of likely N-dealkylation sites (tertiary alicyclic amines) is 2. The normalized spacial score (nSPS) is 24.1. The highest BCUT2D eigenvalue weighted by molar-refractivity contribution is 5.79. The lowest BCUT2D eigenvalue weighted by Crippen LogP contribution is -2.51. The van der Waals surface area contributed by atoms with Gasteiger partial charge in [0.15, 0.2) is 0 Å². The third-order valence-electron chi connectivity index (χ3n) is 6.68. The standard InChI is InChI=1S/C22H34N6O2/c29-21(24-9-14-27-15-10-25-22(27)30)19-2-1-11-28(17-19)20-5-12-26(13-6-20)16-18-3-7-23-8-4-18/h3-4,7-8,19-20H,1-2,5-6,9-17H2,(H,24,29)(H,25,30)/t19-/m0/s1. The van der Waals surface area contributed by atoms with Gasteiger partial charge in [0.1, 0.15) is 0 Å². The van der Waals surface area contributed by atoms with Crippen LogP contribution in [0.2, 0.25) is 0 Å². The van der Waals surface area contributed by atoms with Gasteiger partial charge in [0, 0.05) is 57.7 Å². The number of nitrogens with one attached hydrogen (secondary N) is 2. The predicted molar refractivity (Wildman–Crippen MR) is 115 cm³/mol. The minimum atomic E-state index is -0.0247. The van der Waals surface area contributed by atoms with Crippen LogP contribution in [0.25, 0.3) is 0 Å². The molecule has 2 N–H and O–H groups in total. The Labute approximate surface area is 179 Å². The van der Waals surface area contributed by atoms with E-state index in [-0.39, 0.29) is 17.9 Å². The van der Waals surface area contributed by atoms with E-state index in [0.29, 0.717) is 25.7 Å². The molecule has 8 nitrogen and oxygen atoms in total. The van der Waals surface area contributed by atoms with E-state index in [1.54, 1.807) is 4.90 Å². The van der Waals surface area contributed by atoms with Crippen molar-refractivity contribution in [2.75, 3.05) is 52.4 Å². The van der Waals surface area contributed by atoms with Crippen LogP contribution in [0.15, 0.2) is 24.5 Å². The fourth-order valence-electron chi connectivity index (χ4n) is 4.92. The Morgan fingerprint density at radius 3 is 2.67 bits per heavy atom. The van der Waals surface area contributed by atoms with E-state index in [0.717, 1.165) is 52.1 Å². The van der Waals surface area contributed by atoms with Crippen LogP contribution in [0.3, 0.4) is 0 Å². The summed E-state index contributed by atoms with van der Waals surface area (Å²) in [6, 6.07) is 4.75. The number of urea groups is 1. The number of hydrogen-bond acceptors (Lipinski definition) is 5. The second-order valence-corrected chi connectivity index (χ2v) is 8.71. The lowest BCUT2D eigenvalue weighted by molar-refractivity contribution is -0.127. The van der Waals surface area contributed by atoms with Gasteiger partial charge in [-0.3, -0.25) is 19.6 Å². The number of carbonyl (C=O) groups excluding carboxylic acids is 2. The Bertz CT molecular complexity index is 707. The summed E-state index contributed by atoms with van der Waals surface area (Å²) in [6.07, 6.45) is 8.12. The second kappa shape index (κ2) is 10.2. The van der Waals surface area contributed by atoms with Crippen molar-refractivity contribution in [3.63, 3.8) is 0 Å². The molecular formula is C22H34N6O2. The summed E-state index contributed by atoms with van der Waals surface area (Å²) in [7, 11) is 0. The largest absolute Gasteiger partial charge is 0.354 e. The number of amides is 3. The topological polar surface area (TPSA) is 80.8 Å². The Balaban J connectivity index is 1.18. The Kier molecular flexibility index (Phi) is 7.17. The van der Waals surface area contributed by atoms with Crippen LogP contribution in [0.1, 0.15) is 31.2 Å². The molecule has 3 aliphatic rings. The molecule has 30 heavy (non-hydrogen) atoms. The van der Waals surface area contributed by atoms with E-state index in [1.807, 2.05) is 12.4 Å². The number of carbonyl (C=O) groups is 2. The third-order valence-corrected chi connectivity index (χ3v) is 6.68. The molecule has 3 amide bonds. The van der Waals surface area contributed by atoms with Crippen molar-refractivity contribution in [3.05, 3.63) is 30.1 Å². The average Bonchev–Trinajstić information content (AvgIpc) is 3.20. The maximum Gasteiger partial charge on any atom is 0.317 e. The maximum absolute atomic E-state index is 12.7. The molecule has 0 unspecified atom stereocenters. The molecule has 0 spiro atoms. The number of piperidine rings is 2. The van der Waals surface area contributed by atoms with Crippen LogP contribution in [0.4, 0.5) is 4.79 Å². The quantitative estimate of drug-likeness (QED) is 0.693. The van der Waals surface area contributed by atoms with Crippen molar-refractivity contribution in [2.45, 2.75) is 38.3 Å². The molecule has 4 heterocycles. The molecule has 1 aromatic rings. The first kappa shape index (κ1) is 21.1. The highest BCUT2D eigenvalue weighted by atomic mass is 16.2. The Hall–Kier alpha value is -2.19. The van der Waals surface area contributed by atoms with Crippen molar-refractivity contribution in [2.24, 2.45) is 5.92 Å². The van der Waals surface area contributed by atoms with E-state index in [1.165, 1.54) is 18.4 Å². The minimum absolute atomic E-state index is 0.0247. The van der Waals surface area contributed by atoms with Gasteiger partial charge in [0.05, 0.1) is 5.92 Å². The smallest absolute Gasteiger partial charge is 0.317 e. The highest BCUT2D eigenvalue weighted by Gasteiger charge is 2.31. The molecule has 1 aromatic heterocycles. The molecule has 1 atom stereocenters. The van der Waals surface area contributed by atoms with Gasteiger partial charge in [-0.05, 0) is 63.0 Å². The molecule has 3 fully saturated rings. The SMILES string of the molecule is O=C(NCCN1CCNC1=O)[C@H]1CCCN(C2CCN(Cc3ccncc3)CC2)C1. The summed E-state index contributed by atoms with van der Waals surface area (Å²) in [5.41, 5.74) is 1.32. The van der Waals surface area contributed by atoms with Crippen molar-refractivity contribution in [1.82, 2.24) is 30.3 Å². The summed E-state index contributed by atoms with van der Waals surface area (Å²) < 4.78 is 0. The van der Waals surface area contributed by atoms with Crippen LogP contribution in [0, 0.1) is 5.92 Å². The van der Waals surface area contributed by atoms with Crippen LogP contribution >= 0.6 is 0 Å². The highest BCUT2D eigenvalue weighted by Crippen LogP contribution is 2.24. The number of aromatic nitrogens is 1. The van der Waals surface area contributed by atoms with Gasteiger partial charge in [-0.2, -0.15) is 0 Å². The fraction of sp³-hybridized carbons (Fsp3) is 0.682. The molecule has 164 valence electrons. The second-order valence-electron chi connectivity index (χ2n) is 8.71. The molecule has 0 aliphatic carbocycles. The van der Waals surface area contributed by atoms with Crippen LogP contribution < -0.4 is 10.6 Å². The zero-order chi connectivity index (χ0) is 20.8.